The lowest BCUT2D eigenvalue weighted by Gasteiger charge is -2.39. The molecule has 3 aromatic rings. The van der Waals surface area contributed by atoms with Crippen molar-refractivity contribution in [1.82, 2.24) is 19.2 Å². The molecule has 2 atom stereocenters. The zero-order valence-corrected chi connectivity index (χ0v) is 17.9. The predicted molar refractivity (Wildman–Crippen MR) is 119 cm³/mol. The van der Waals surface area contributed by atoms with E-state index in [0.717, 1.165) is 35.7 Å². The lowest BCUT2D eigenvalue weighted by Crippen LogP contribution is -2.48. The minimum atomic E-state index is 0.257. The number of likely N-dealkylation sites (tertiary alicyclic amines) is 1. The van der Waals surface area contributed by atoms with Gasteiger partial charge in [0.25, 0.3) is 0 Å². The average molecular weight is 409 g/mol. The molecule has 1 aromatic carbocycles. The molecule has 0 saturated carbocycles. The standard InChI is InChI=1S/C23H28N4OS/c1-18-9-8-10-19(2)26(18)22(28)17-29-16-20-15-24-27(21-11-4-3-5-12-21)23(20)25-13-6-7-14-25/h3-7,11-15,18-19H,8-10,16-17H2,1-2H3/t18-,19-/m1/s1. The van der Waals surface area contributed by atoms with Crippen molar-refractivity contribution >= 4 is 17.7 Å². The zero-order chi connectivity index (χ0) is 20.2. The molecule has 6 heteroatoms. The Balaban J connectivity index is 1.49. The zero-order valence-electron chi connectivity index (χ0n) is 17.1. The van der Waals surface area contributed by atoms with E-state index in [9.17, 15) is 4.79 Å². The third-order valence-electron chi connectivity index (χ3n) is 5.63. The largest absolute Gasteiger partial charge is 0.337 e. The number of piperidine rings is 1. The van der Waals surface area contributed by atoms with E-state index in [1.807, 2.05) is 53.6 Å². The lowest BCUT2D eigenvalue weighted by atomic mass is 9.98. The third kappa shape index (κ3) is 4.27. The van der Waals surface area contributed by atoms with E-state index in [4.69, 9.17) is 0 Å². The summed E-state index contributed by atoms with van der Waals surface area (Å²) >= 11 is 1.67. The van der Waals surface area contributed by atoms with E-state index >= 15 is 0 Å². The Labute approximate surface area is 176 Å². The van der Waals surface area contributed by atoms with Gasteiger partial charge in [-0.15, -0.1) is 11.8 Å². The van der Waals surface area contributed by atoms with Crippen molar-refractivity contribution in [2.24, 2.45) is 0 Å². The number of nitrogens with zero attached hydrogens (tertiary/aromatic N) is 4. The van der Waals surface area contributed by atoms with E-state index < -0.39 is 0 Å². The Bertz CT molecular complexity index is 925. The van der Waals surface area contributed by atoms with Gasteiger partial charge in [-0.1, -0.05) is 18.2 Å². The Morgan fingerprint density at radius 1 is 1.07 bits per heavy atom. The number of carbonyl (C=O) groups is 1. The van der Waals surface area contributed by atoms with E-state index in [0.29, 0.717) is 17.8 Å². The maximum atomic E-state index is 12.8. The van der Waals surface area contributed by atoms with Crippen molar-refractivity contribution < 1.29 is 4.79 Å². The molecule has 0 N–H and O–H groups in total. The van der Waals surface area contributed by atoms with Crippen LogP contribution in [0.4, 0.5) is 0 Å². The van der Waals surface area contributed by atoms with Gasteiger partial charge >= 0.3 is 0 Å². The molecule has 3 heterocycles. The van der Waals surface area contributed by atoms with Crippen molar-refractivity contribution in [2.75, 3.05) is 5.75 Å². The molecular weight excluding hydrogens is 380 g/mol. The molecule has 4 rings (SSSR count). The van der Waals surface area contributed by atoms with E-state index in [1.54, 1.807) is 11.8 Å². The van der Waals surface area contributed by atoms with Crippen LogP contribution in [0.3, 0.4) is 0 Å². The van der Waals surface area contributed by atoms with Crippen molar-refractivity contribution in [3.63, 3.8) is 0 Å². The monoisotopic (exact) mass is 408 g/mol. The molecule has 1 amide bonds. The second-order valence-corrected chi connectivity index (χ2v) is 8.74. The normalized spacial score (nSPS) is 19.4. The second kappa shape index (κ2) is 8.91. The molecule has 0 spiro atoms. The lowest BCUT2D eigenvalue weighted by molar-refractivity contribution is -0.134. The summed E-state index contributed by atoms with van der Waals surface area (Å²) in [6.07, 6.45) is 9.44. The highest BCUT2D eigenvalue weighted by Crippen LogP contribution is 2.26. The van der Waals surface area contributed by atoms with E-state index in [1.165, 1.54) is 6.42 Å². The summed E-state index contributed by atoms with van der Waals surface area (Å²) in [6.45, 7) is 4.35. The topological polar surface area (TPSA) is 43.1 Å². The fourth-order valence-corrected chi connectivity index (χ4v) is 5.07. The number of carbonyl (C=O) groups excluding carboxylic acids is 1. The summed E-state index contributed by atoms with van der Waals surface area (Å²) in [4.78, 5) is 14.9. The van der Waals surface area contributed by atoms with Gasteiger partial charge in [0.1, 0.15) is 5.82 Å². The van der Waals surface area contributed by atoms with Crippen molar-refractivity contribution in [2.45, 2.75) is 50.9 Å². The molecule has 2 aromatic heterocycles. The van der Waals surface area contributed by atoms with Crippen molar-refractivity contribution in [3.8, 4) is 11.5 Å². The van der Waals surface area contributed by atoms with Gasteiger partial charge in [0.05, 0.1) is 17.6 Å². The van der Waals surface area contributed by atoms with Gasteiger partial charge in [0.15, 0.2) is 0 Å². The number of amides is 1. The van der Waals surface area contributed by atoms with Crippen LogP contribution < -0.4 is 0 Å². The molecule has 0 bridgehead atoms. The van der Waals surface area contributed by atoms with Gasteiger partial charge in [-0.3, -0.25) is 4.79 Å². The highest BCUT2D eigenvalue weighted by molar-refractivity contribution is 7.99. The molecule has 29 heavy (non-hydrogen) atoms. The fraction of sp³-hybridized carbons (Fsp3) is 0.391. The minimum Gasteiger partial charge on any atom is -0.337 e. The van der Waals surface area contributed by atoms with E-state index in [2.05, 4.69) is 40.5 Å². The first kappa shape index (κ1) is 19.8. The van der Waals surface area contributed by atoms with Crippen LogP contribution in [0.2, 0.25) is 0 Å². The van der Waals surface area contributed by atoms with Crippen LogP contribution >= 0.6 is 11.8 Å². The maximum Gasteiger partial charge on any atom is 0.233 e. The summed E-state index contributed by atoms with van der Waals surface area (Å²) < 4.78 is 4.05. The molecule has 152 valence electrons. The maximum absolute atomic E-state index is 12.8. The molecule has 1 aliphatic rings. The van der Waals surface area contributed by atoms with Gasteiger partial charge in [0, 0.05) is 35.8 Å². The van der Waals surface area contributed by atoms with Crippen LogP contribution in [0.25, 0.3) is 11.5 Å². The molecule has 0 aliphatic carbocycles. The summed E-state index contributed by atoms with van der Waals surface area (Å²) in [5.74, 6) is 2.55. The SMILES string of the molecule is C[C@@H]1CCC[C@@H](C)N1C(=O)CSCc1cnn(-c2ccccc2)c1-n1cccc1. The average Bonchev–Trinajstić information content (AvgIpc) is 3.38. The number of hydrogen-bond donors (Lipinski definition) is 0. The molecular formula is C23H28N4OS. The second-order valence-electron chi connectivity index (χ2n) is 7.75. The molecule has 1 saturated heterocycles. The Morgan fingerprint density at radius 3 is 2.45 bits per heavy atom. The van der Waals surface area contributed by atoms with Crippen LogP contribution in [0, 0.1) is 0 Å². The van der Waals surface area contributed by atoms with Gasteiger partial charge in [-0.05, 0) is 57.4 Å². The van der Waals surface area contributed by atoms with Crippen LogP contribution in [-0.4, -0.2) is 43.0 Å². The highest BCUT2D eigenvalue weighted by atomic mass is 32.2. The Kier molecular flexibility index (Phi) is 6.09. The summed E-state index contributed by atoms with van der Waals surface area (Å²) in [5, 5.41) is 4.64. The number of rotatable bonds is 6. The number of hydrogen-bond acceptors (Lipinski definition) is 3. The Hall–Kier alpha value is -2.47. The number of aromatic nitrogens is 3. The quantitative estimate of drug-likeness (QED) is 0.594. The van der Waals surface area contributed by atoms with Gasteiger partial charge in [-0.25, -0.2) is 4.68 Å². The van der Waals surface area contributed by atoms with Crippen LogP contribution in [0.1, 0.15) is 38.7 Å². The summed E-state index contributed by atoms with van der Waals surface area (Å²) in [5.41, 5.74) is 2.15. The first-order valence-corrected chi connectivity index (χ1v) is 11.4. The molecule has 1 aliphatic heterocycles. The number of benzene rings is 1. The predicted octanol–water partition coefficient (Wildman–Crippen LogP) is 4.69. The smallest absolute Gasteiger partial charge is 0.233 e. The Morgan fingerprint density at radius 2 is 1.76 bits per heavy atom. The minimum absolute atomic E-state index is 0.257. The first-order chi connectivity index (χ1) is 14.1. The van der Waals surface area contributed by atoms with Crippen molar-refractivity contribution in [3.05, 3.63) is 66.6 Å². The van der Waals surface area contributed by atoms with Gasteiger partial charge in [-0.2, -0.15) is 5.10 Å². The van der Waals surface area contributed by atoms with Crippen molar-refractivity contribution in [1.29, 1.82) is 0 Å². The van der Waals surface area contributed by atoms with Crippen LogP contribution in [-0.2, 0) is 10.5 Å². The number of para-hydroxylation sites is 1. The van der Waals surface area contributed by atoms with Gasteiger partial charge in [0.2, 0.25) is 5.91 Å². The highest BCUT2D eigenvalue weighted by Gasteiger charge is 2.28. The molecule has 0 unspecified atom stereocenters. The molecule has 1 fully saturated rings. The summed E-state index contributed by atoms with van der Waals surface area (Å²) in [7, 11) is 0. The summed E-state index contributed by atoms with van der Waals surface area (Å²) in [6, 6.07) is 14.9. The van der Waals surface area contributed by atoms with Crippen LogP contribution in [0.15, 0.2) is 61.1 Å². The fourth-order valence-electron chi connectivity index (χ4n) is 4.22. The number of thioether (sulfide) groups is 1. The first-order valence-electron chi connectivity index (χ1n) is 10.3. The van der Waals surface area contributed by atoms with Gasteiger partial charge < -0.3 is 9.47 Å². The molecule has 0 radical (unpaired) electrons. The van der Waals surface area contributed by atoms with Crippen LogP contribution in [0.5, 0.6) is 0 Å². The van der Waals surface area contributed by atoms with E-state index in [-0.39, 0.29) is 5.91 Å². The third-order valence-corrected chi connectivity index (χ3v) is 6.60. The molecule has 5 nitrogen and oxygen atoms in total.